The molecule has 0 aliphatic carbocycles. The van der Waals surface area contributed by atoms with Crippen LogP contribution in [0, 0.1) is 5.82 Å². The third kappa shape index (κ3) is 2.94. The topological polar surface area (TPSA) is 52.0 Å². The molecule has 0 saturated heterocycles. The SMILES string of the molecule is NCCCC(N)c1cc(Cl)ccc1F. The van der Waals surface area contributed by atoms with Crippen LogP contribution in [0.4, 0.5) is 4.39 Å². The molecule has 4 heteroatoms. The summed E-state index contributed by atoms with van der Waals surface area (Å²) in [5.41, 5.74) is 11.6. The molecule has 0 heterocycles. The van der Waals surface area contributed by atoms with E-state index in [2.05, 4.69) is 0 Å². The van der Waals surface area contributed by atoms with Crippen LogP contribution in [0.2, 0.25) is 5.02 Å². The highest BCUT2D eigenvalue weighted by Gasteiger charge is 2.11. The Morgan fingerprint density at radius 1 is 1.43 bits per heavy atom. The van der Waals surface area contributed by atoms with Crippen molar-refractivity contribution in [2.75, 3.05) is 6.54 Å². The van der Waals surface area contributed by atoms with E-state index in [0.717, 1.165) is 6.42 Å². The third-order valence-electron chi connectivity index (χ3n) is 2.08. The lowest BCUT2D eigenvalue weighted by atomic mass is 10.0. The summed E-state index contributed by atoms with van der Waals surface area (Å²) >= 11 is 5.75. The number of benzene rings is 1. The van der Waals surface area contributed by atoms with Gasteiger partial charge >= 0.3 is 0 Å². The van der Waals surface area contributed by atoms with Gasteiger partial charge in [0.25, 0.3) is 0 Å². The molecule has 1 aromatic carbocycles. The number of nitrogens with two attached hydrogens (primary N) is 2. The fourth-order valence-electron chi connectivity index (χ4n) is 1.29. The van der Waals surface area contributed by atoms with Crippen molar-refractivity contribution in [3.05, 3.63) is 34.6 Å². The van der Waals surface area contributed by atoms with E-state index in [0.29, 0.717) is 23.6 Å². The Bertz CT molecular complexity index is 304. The average Bonchev–Trinajstić information content (AvgIpc) is 2.18. The van der Waals surface area contributed by atoms with E-state index in [-0.39, 0.29) is 11.9 Å². The number of halogens is 2. The van der Waals surface area contributed by atoms with Crippen molar-refractivity contribution < 1.29 is 4.39 Å². The third-order valence-corrected chi connectivity index (χ3v) is 2.31. The van der Waals surface area contributed by atoms with Gasteiger partial charge in [0.05, 0.1) is 0 Å². The van der Waals surface area contributed by atoms with Gasteiger partial charge in [0.15, 0.2) is 0 Å². The van der Waals surface area contributed by atoms with Crippen LogP contribution in [0.25, 0.3) is 0 Å². The van der Waals surface area contributed by atoms with Crippen LogP contribution >= 0.6 is 11.6 Å². The molecular weight excluding hydrogens is 203 g/mol. The molecular formula is C10H14ClFN2. The number of hydrogen-bond acceptors (Lipinski definition) is 2. The molecule has 14 heavy (non-hydrogen) atoms. The summed E-state index contributed by atoms with van der Waals surface area (Å²) in [4.78, 5) is 0. The first-order chi connectivity index (χ1) is 6.65. The Hall–Kier alpha value is -0.640. The first-order valence-corrected chi connectivity index (χ1v) is 4.93. The molecule has 0 radical (unpaired) electrons. The molecule has 0 aliphatic rings. The molecule has 1 atom stereocenters. The minimum Gasteiger partial charge on any atom is -0.330 e. The van der Waals surface area contributed by atoms with Crippen molar-refractivity contribution >= 4 is 11.6 Å². The molecule has 2 nitrogen and oxygen atoms in total. The predicted molar refractivity (Wildman–Crippen MR) is 56.6 cm³/mol. The van der Waals surface area contributed by atoms with E-state index < -0.39 is 0 Å². The van der Waals surface area contributed by atoms with Crippen LogP contribution in [-0.2, 0) is 0 Å². The molecule has 0 aliphatic heterocycles. The molecule has 0 saturated carbocycles. The van der Waals surface area contributed by atoms with Gasteiger partial charge in [-0.3, -0.25) is 0 Å². The van der Waals surface area contributed by atoms with E-state index in [1.165, 1.54) is 12.1 Å². The van der Waals surface area contributed by atoms with Crippen LogP contribution in [-0.4, -0.2) is 6.54 Å². The van der Waals surface area contributed by atoms with Crippen molar-refractivity contribution in [2.45, 2.75) is 18.9 Å². The Kier molecular flexibility index (Phi) is 4.32. The van der Waals surface area contributed by atoms with E-state index in [4.69, 9.17) is 23.1 Å². The summed E-state index contributed by atoms with van der Waals surface area (Å²) in [6, 6.07) is 4.09. The Morgan fingerprint density at radius 2 is 2.14 bits per heavy atom. The number of rotatable bonds is 4. The fourth-order valence-corrected chi connectivity index (χ4v) is 1.47. The monoisotopic (exact) mass is 216 g/mol. The first kappa shape index (κ1) is 11.4. The van der Waals surface area contributed by atoms with Gasteiger partial charge in [0, 0.05) is 16.6 Å². The summed E-state index contributed by atoms with van der Waals surface area (Å²) in [6.07, 6.45) is 1.46. The van der Waals surface area contributed by atoms with Crippen molar-refractivity contribution in [2.24, 2.45) is 11.5 Å². The molecule has 1 rings (SSSR count). The minimum atomic E-state index is -0.322. The summed E-state index contributed by atoms with van der Waals surface area (Å²) in [7, 11) is 0. The van der Waals surface area contributed by atoms with Crippen molar-refractivity contribution in [3.63, 3.8) is 0 Å². The van der Waals surface area contributed by atoms with Gasteiger partial charge in [0.2, 0.25) is 0 Å². The smallest absolute Gasteiger partial charge is 0.128 e. The molecule has 1 aromatic rings. The summed E-state index contributed by atoms with van der Waals surface area (Å²) in [5, 5.41) is 0.504. The first-order valence-electron chi connectivity index (χ1n) is 4.55. The van der Waals surface area contributed by atoms with Gasteiger partial charge in [-0.25, -0.2) is 4.39 Å². The zero-order chi connectivity index (χ0) is 10.6. The molecule has 0 spiro atoms. The average molecular weight is 217 g/mol. The lowest BCUT2D eigenvalue weighted by molar-refractivity contribution is 0.553. The Morgan fingerprint density at radius 3 is 2.79 bits per heavy atom. The quantitative estimate of drug-likeness (QED) is 0.811. The Labute approximate surface area is 88.0 Å². The van der Waals surface area contributed by atoms with Gasteiger partial charge in [-0.05, 0) is 37.6 Å². The number of hydrogen-bond donors (Lipinski definition) is 2. The highest BCUT2D eigenvalue weighted by Crippen LogP contribution is 2.22. The second-order valence-electron chi connectivity index (χ2n) is 3.20. The standard InChI is InChI=1S/C10H14ClFN2/c11-7-3-4-9(12)8(6-7)10(14)2-1-5-13/h3-4,6,10H,1-2,5,13-14H2. The molecule has 78 valence electrons. The molecule has 0 fully saturated rings. The zero-order valence-corrected chi connectivity index (χ0v) is 8.60. The van der Waals surface area contributed by atoms with Gasteiger partial charge in [-0.2, -0.15) is 0 Å². The van der Waals surface area contributed by atoms with Crippen molar-refractivity contribution in [1.82, 2.24) is 0 Å². The van der Waals surface area contributed by atoms with E-state index in [1.807, 2.05) is 0 Å². The summed E-state index contributed by atoms with van der Waals surface area (Å²) in [5.74, 6) is -0.307. The van der Waals surface area contributed by atoms with E-state index >= 15 is 0 Å². The van der Waals surface area contributed by atoms with Gasteiger partial charge < -0.3 is 11.5 Å². The summed E-state index contributed by atoms with van der Waals surface area (Å²) < 4.78 is 13.3. The fraction of sp³-hybridized carbons (Fsp3) is 0.400. The molecule has 0 bridgehead atoms. The van der Waals surface area contributed by atoms with Crippen LogP contribution in [0.3, 0.4) is 0 Å². The minimum absolute atomic E-state index is 0.307. The van der Waals surface area contributed by atoms with Gasteiger partial charge in [0.1, 0.15) is 5.82 Å². The lowest BCUT2D eigenvalue weighted by Crippen LogP contribution is -2.14. The maximum atomic E-state index is 13.3. The van der Waals surface area contributed by atoms with E-state index in [1.54, 1.807) is 6.07 Å². The lowest BCUT2D eigenvalue weighted by Gasteiger charge is -2.12. The van der Waals surface area contributed by atoms with Gasteiger partial charge in [-0.15, -0.1) is 0 Å². The normalized spacial score (nSPS) is 12.9. The molecule has 4 N–H and O–H groups in total. The molecule has 1 unspecified atom stereocenters. The Balaban J connectivity index is 2.77. The van der Waals surface area contributed by atoms with Crippen LogP contribution in [0.1, 0.15) is 24.4 Å². The van der Waals surface area contributed by atoms with E-state index in [9.17, 15) is 4.39 Å². The second-order valence-corrected chi connectivity index (χ2v) is 3.64. The molecule has 0 amide bonds. The van der Waals surface area contributed by atoms with Crippen LogP contribution < -0.4 is 11.5 Å². The van der Waals surface area contributed by atoms with Crippen molar-refractivity contribution in [1.29, 1.82) is 0 Å². The summed E-state index contributed by atoms with van der Waals surface area (Å²) in [6.45, 7) is 0.565. The maximum Gasteiger partial charge on any atom is 0.128 e. The maximum absolute atomic E-state index is 13.3. The highest BCUT2D eigenvalue weighted by atomic mass is 35.5. The van der Waals surface area contributed by atoms with Crippen LogP contribution in [0.15, 0.2) is 18.2 Å². The predicted octanol–water partition coefficient (Wildman–Crippen LogP) is 2.22. The highest BCUT2D eigenvalue weighted by molar-refractivity contribution is 6.30. The van der Waals surface area contributed by atoms with Gasteiger partial charge in [-0.1, -0.05) is 11.6 Å². The zero-order valence-electron chi connectivity index (χ0n) is 7.84. The van der Waals surface area contributed by atoms with Crippen LogP contribution in [0.5, 0.6) is 0 Å². The molecule has 0 aromatic heterocycles. The van der Waals surface area contributed by atoms with Crippen molar-refractivity contribution in [3.8, 4) is 0 Å². The second kappa shape index (κ2) is 5.29. The largest absolute Gasteiger partial charge is 0.330 e.